The Hall–Kier alpha value is -0.000000000000000222. The Balaban J connectivity index is 0.000000845. The third kappa shape index (κ3) is 2.72. The molecule has 13 heavy (non-hydrogen) atoms. The molecule has 0 aliphatic carbocycles. The van der Waals surface area contributed by atoms with E-state index in [1.54, 1.807) is 12.4 Å². The van der Waals surface area contributed by atoms with Crippen LogP contribution >= 0.6 is 23.6 Å². The number of hydrogen-bond acceptors (Lipinski definition) is 3. The third-order valence-electron chi connectivity index (χ3n) is 1.51. The molecule has 2 heterocycles. The van der Waals surface area contributed by atoms with Crippen molar-refractivity contribution in [3.63, 3.8) is 0 Å². The molecule has 2 aromatic rings. The second-order valence-corrected chi connectivity index (χ2v) is 3.84. The topological polar surface area (TPSA) is 28.7 Å². The summed E-state index contributed by atoms with van der Waals surface area (Å²) in [5, 5.41) is 2.01. The van der Waals surface area contributed by atoms with Gasteiger partial charge in [0.2, 0.25) is 0 Å². The van der Waals surface area contributed by atoms with E-state index in [1.165, 1.54) is 11.3 Å². The molecule has 0 aromatic carbocycles. The van der Waals surface area contributed by atoms with Crippen LogP contribution in [0.15, 0.2) is 29.9 Å². The summed E-state index contributed by atoms with van der Waals surface area (Å²) in [6, 6.07) is 3.90. The van der Waals surface area contributed by atoms with Crippen molar-refractivity contribution in [3.8, 4) is 11.3 Å². The van der Waals surface area contributed by atoms with Crippen LogP contribution in [0.2, 0.25) is 0 Å². The number of aromatic amines is 1. The van der Waals surface area contributed by atoms with Gasteiger partial charge in [-0.1, -0.05) is 0 Å². The van der Waals surface area contributed by atoms with Gasteiger partial charge < -0.3 is 4.98 Å². The van der Waals surface area contributed by atoms with E-state index in [-0.39, 0.29) is 29.6 Å². The molecule has 0 atom stereocenters. The zero-order valence-corrected chi connectivity index (χ0v) is 10.8. The molecule has 5 heteroatoms. The van der Waals surface area contributed by atoms with Crippen LogP contribution in [0, 0.1) is 3.95 Å². The first-order chi connectivity index (χ1) is 5.86. The van der Waals surface area contributed by atoms with Gasteiger partial charge in [-0.15, -0.1) is 11.3 Å². The average Bonchev–Trinajstić information content (AvgIpc) is 2.54. The van der Waals surface area contributed by atoms with E-state index in [4.69, 9.17) is 12.2 Å². The molecule has 0 spiro atoms. The van der Waals surface area contributed by atoms with Gasteiger partial charge in [-0.05, 0) is 24.4 Å². The third-order valence-corrected chi connectivity index (χ3v) is 2.57. The average molecular weight is 217 g/mol. The van der Waals surface area contributed by atoms with Gasteiger partial charge in [0.1, 0.15) is 0 Å². The van der Waals surface area contributed by atoms with E-state index >= 15 is 0 Å². The molecule has 2 nitrogen and oxygen atoms in total. The number of pyridine rings is 1. The normalized spacial score (nSPS) is 9.23. The van der Waals surface area contributed by atoms with Crippen molar-refractivity contribution < 1.29 is 0 Å². The van der Waals surface area contributed by atoms with Crippen LogP contribution in [0.5, 0.6) is 0 Å². The van der Waals surface area contributed by atoms with Crippen LogP contribution < -0.4 is 0 Å². The summed E-state index contributed by atoms with van der Waals surface area (Å²) in [4.78, 5) is 7.04. The van der Waals surface area contributed by atoms with Crippen molar-refractivity contribution in [2.75, 3.05) is 0 Å². The number of thiazole rings is 1. The van der Waals surface area contributed by atoms with Crippen molar-refractivity contribution in [2.24, 2.45) is 0 Å². The minimum Gasteiger partial charge on any atom is -0.337 e. The predicted octanol–water partition coefficient (Wildman–Crippen LogP) is 2.49. The second kappa shape index (κ2) is 5.02. The SMILES string of the molecule is S=c1[nH]c(-c2ccncc2)cs1.[Na]. The second-order valence-electron chi connectivity index (χ2n) is 2.30. The summed E-state index contributed by atoms with van der Waals surface area (Å²) in [7, 11) is 0. The first-order valence-corrected chi connectivity index (χ1v) is 4.73. The Labute approximate surface area is 107 Å². The smallest absolute Gasteiger partial charge is 0.158 e. The molecule has 0 aliphatic rings. The van der Waals surface area contributed by atoms with Crippen molar-refractivity contribution in [1.29, 1.82) is 0 Å². The van der Waals surface area contributed by atoms with Crippen molar-refractivity contribution in [1.82, 2.24) is 9.97 Å². The summed E-state index contributed by atoms with van der Waals surface area (Å²) in [5.74, 6) is 0. The fraction of sp³-hybridized carbons (Fsp3) is 0. The van der Waals surface area contributed by atoms with Crippen LogP contribution in [0.25, 0.3) is 11.3 Å². The van der Waals surface area contributed by atoms with Crippen LogP contribution in [0.3, 0.4) is 0 Å². The van der Waals surface area contributed by atoms with Gasteiger partial charge in [-0.3, -0.25) is 4.98 Å². The zero-order valence-electron chi connectivity index (χ0n) is 7.15. The molecular formula is C8H6N2NaS2. The van der Waals surface area contributed by atoms with Gasteiger partial charge in [0.05, 0.1) is 5.69 Å². The quantitative estimate of drug-likeness (QED) is 0.587. The van der Waals surface area contributed by atoms with Gasteiger partial charge in [0, 0.05) is 52.9 Å². The summed E-state index contributed by atoms with van der Waals surface area (Å²) in [6.45, 7) is 0. The molecule has 1 N–H and O–H groups in total. The summed E-state index contributed by atoms with van der Waals surface area (Å²) < 4.78 is 0.807. The maximum Gasteiger partial charge on any atom is 0.158 e. The summed E-state index contributed by atoms with van der Waals surface area (Å²) in [6.07, 6.45) is 3.54. The van der Waals surface area contributed by atoms with Gasteiger partial charge in [0.15, 0.2) is 3.95 Å². The summed E-state index contributed by atoms with van der Waals surface area (Å²) in [5.41, 5.74) is 2.18. The van der Waals surface area contributed by atoms with E-state index < -0.39 is 0 Å². The molecule has 0 aliphatic heterocycles. The largest absolute Gasteiger partial charge is 0.337 e. The molecule has 0 amide bonds. The molecule has 1 radical (unpaired) electrons. The Bertz CT molecular complexity index is 421. The maximum atomic E-state index is 4.98. The fourth-order valence-corrected chi connectivity index (χ4v) is 1.80. The minimum absolute atomic E-state index is 0. The monoisotopic (exact) mass is 217 g/mol. The molecule has 0 bridgehead atoms. The summed E-state index contributed by atoms with van der Waals surface area (Å²) >= 11 is 6.52. The molecule has 0 saturated carbocycles. The van der Waals surface area contributed by atoms with Gasteiger partial charge >= 0.3 is 0 Å². The van der Waals surface area contributed by atoms with Gasteiger partial charge in [-0.2, -0.15) is 0 Å². The van der Waals surface area contributed by atoms with E-state index in [0.29, 0.717) is 0 Å². The number of aromatic nitrogens is 2. The Morgan fingerprint density at radius 3 is 2.54 bits per heavy atom. The molecule has 0 unspecified atom stereocenters. The van der Waals surface area contributed by atoms with Crippen molar-refractivity contribution in [2.45, 2.75) is 0 Å². The van der Waals surface area contributed by atoms with E-state index in [0.717, 1.165) is 15.2 Å². The van der Waals surface area contributed by atoms with Crippen molar-refractivity contribution in [3.05, 3.63) is 33.9 Å². The number of nitrogens with zero attached hydrogens (tertiary/aromatic N) is 1. The predicted molar refractivity (Wildman–Crippen MR) is 58.5 cm³/mol. The van der Waals surface area contributed by atoms with E-state index in [2.05, 4.69) is 9.97 Å². The molecule has 0 saturated heterocycles. The minimum atomic E-state index is 0. The van der Waals surface area contributed by atoms with Crippen LogP contribution in [-0.2, 0) is 0 Å². The number of nitrogens with one attached hydrogen (secondary N) is 1. The zero-order chi connectivity index (χ0) is 8.39. The molecule has 0 fully saturated rings. The Morgan fingerprint density at radius 2 is 2.00 bits per heavy atom. The Kier molecular flexibility index (Phi) is 4.28. The molecule has 2 aromatic heterocycles. The fourth-order valence-electron chi connectivity index (χ4n) is 0.953. The van der Waals surface area contributed by atoms with Gasteiger partial charge in [-0.25, -0.2) is 0 Å². The van der Waals surface area contributed by atoms with Crippen LogP contribution in [0.4, 0.5) is 0 Å². The van der Waals surface area contributed by atoms with Gasteiger partial charge in [0.25, 0.3) is 0 Å². The first-order valence-electron chi connectivity index (χ1n) is 3.44. The number of H-pyrrole nitrogens is 1. The van der Waals surface area contributed by atoms with E-state index in [1.807, 2.05) is 17.5 Å². The molecule has 2 rings (SSSR count). The maximum absolute atomic E-state index is 4.98. The first kappa shape index (κ1) is 11.1. The number of rotatable bonds is 1. The van der Waals surface area contributed by atoms with E-state index in [9.17, 15) is 0 Å². The standard InChI is InChI=1S/C8H6N2S2.Na/c11-8-10-7(5-12-8)6-1-3-9-4-2-6;/h1-5H,(H,10,11);. The Morgan fingerprint density at radius 1 is 1.31 bits per heavy atom. The van der Waals surface area contributed by atoms with Crippen LogP contribution in [-0.4, -0.2) is 39.5 Å². The van der Waals surface area contributed by atoms with Crippen LogP contribution in [0.1, 0.15) is 0 Å². The number of hydrogen-bond donors (Lipinski definition) is 1. The molecule has 61 valence electrons. The molecular weight excluding hydrogens is 211 g/mol. The van der Waals surface area contributed by atoms with Crippen molar-refractivity contribution >= 4 is 53.1 Å².